The van der Waals surface area contributed by atoms with Gasteiger partial charge in [0.25, 0.3) is 0 Å². The number of fused-ring (bicyclic) bond motifs is 1. The van der Waals surface area contributed by atoms with Crippen molar-refractivity contribution in [2.45, 2.75) is 25.9 Å². The summed E-state index contributed by atoms with van der Waals surface area (Å²) in [5, 5.41) is 0. The van der Waals surface area contributed by atoms with Crippen molar-refractivity contribution in [3.05, 3.63) is 35.4 Å². The van der Waals surface area contributed by atoms with E-state index in [4.69, 9.17) is 0 Å². The van der Waals surface area contributed by atoms with Crippen LogP contribution in [0.4, 0.5) is 0 Å². The first-order chi connectivity index (χ1) is 6.68. The number of rotatable bonds is 1. The Hall–Kier alpha value is -1.15. The van der Waals surface area contributed by atoms with Gasteiger partial charge in [0.1, 0.15) is 5.78 Å². The highest BCUT2D eigenvalue weighted by Crippen LogP contribution is 2.21. The van der Waals surface area contributed by atoms with Crippen LogP contribution in [0.25, 0.3) is 0 Å². The van der Waals surface area contributed by atoms with Gasteiger partial charge in [0.15, 0.2) is 0 Å². The second-order valence-corrected chi connectivity index (χ2v) is 4.01. The Morgan fingerprint density at radius 3 is 2.64 bits per heavy atom. The number of carbonyl (C=O) groups is 1. The number of nitrogens with zero attached hydrogens (tertiary/aromatic N) is 1. The van der Waals surface area contributed by atoms with Crippen LogP contribution in [0.3, 0.4) is 0 Å². The zero-order valence-electron chi connectivity index (χ0n) is 8.66. The molecule has 1 atom stereocenters. The molecule has 0 aromatic heterocycles. The van der Waals surface area contributed by atoms with Crippen LogP contribution < -0.4 is 0 Å². The van der Waals surface area contributed by atoms with Gasteiger partial charge < -0.3 is 0 Å². The predicted octanol–water partition coefficient (Wildman–Crippen LogP) is 1.63. The molecule has 0 spiro atoms. The van der Waals surface area contributed by atoms with E-state index in [0.29, 0.717) is 0 Å². The van der Waals surface area contributed by atoms with Crippen molar-refractivity contribution in [1.29, 1.82) is 0 Å². The highest BCUT2D eigenvalue weighted by Gasteiger charge is 2.25. The molecule has 1 aromatic rings. The Labute approximate surface area is 84.5 Å². The van der Waals surface area contributed by atoms with Gasteiger partial charge in [-0.05, 0) is 31.5 Å². The number of Topliss-reactive ketones (excluding diaryl/α,β-unsaturated/α-hetero) is 1. The third kappa shape index (κ3) is 1.58. The van der Waals surface area contributed by atoms with E-state index in [-0.39, 0.29) is 11.8 Å². The van der Waals surface area contributed by atoms with Crippen LogP contribution >= 0.6 is 0 Å². The summed E-state index contributed by atoms with van der Waals surface area (Å²) in [5.41, 5.74) is 2.68. The number of ketones is 1. The highest BCUT2D eigenvalue weighted by molar-refractivity contribution is 5.82. The number of hydrogen-bond donors (Lipinski definition) is 0. The summed E-state index contributed by atoms with van der Waals surface area (Å²) < 4.78 is 0. The smallest absolute Gasteiger partial charge is 0.147 e. The molecule has 0 unspecified atom stereocenters. The van der Waals surface area contributed by atoms with Crippen LogP contribution in [0.2, 0.25) is 0 Å². The molecule has 2 rings (SSSR count). The maximum atomic E-state index is 11.4. The molecule has 14 heavy (non-hydrogen) atoms. The van der Waals surface area contributed by atoms with E-state index in [1.807, 2.05) is 13.1 Å². The lowest BCUT2D eigenvalue weighted by molar-refractivity contribution is -0.122. The molecule has 1 aliphatic rings. The summed E-state index contributed by atoms with van der Waals surface area (Å²) in [5.74, 6) is 0.266. The standard InChI is InChI=1S/C12H15NO/c1-9(14)12-7-10-5-3-4-6-11(10)8-13(12)2/h3-6,12H,7-8H2,1-2H3/t12-/m1/s1. The predicted molar refractivity (Wildman–Crippen MR) is 56.1 cm³/mol. The fraction of sp³-hybridized carbons (Fsp3) is 0.417. The van der Waals surface area contributed by atoms with Crippen molar-refractivity contribution in [3.8, 4) is 0 Å². The van der Waals surface area contributed by atoms with E-state index in [2.05, 4.69) is 23.1 Å². The van der Waals surface area contributed by atoms with Gasteiger partial charge in [-0.2, -0.15) is 0 Å². The fourth-order valence-electron chi connectivity index (χ4n) is 2.11. The van der Waals surface area contributed by atoms with Crippen molar-refractivity contribution in [2.24, 2.45) is 0 Å². The first kappa shape index (κ1) is 9.41. The minimum absolute atomic E-state index is 0.0740. The van der Waals surface area contributed by atoms with Gasteiger partial charge in [0.2, 0.25) is 0 Å². The van der Waals surface area contributed by atoms with Gasteiger partial charge in [-0.1, -0.05) is 24.3 Å². The molecular weight excluding hydrogens is 174 g/mol. The van der Waals surface area contributed by atoms with E-state index in [0.717, 1.165) is 13.0 Å². The van der Waals surface area contributed by atoms with Gasteiger partial charge in [-0.25, -0.2) is 0 Å². The molecule has 0 saturated heterocycles. The van der Waals surface area contributed by atoms with Crippen LogP contribution in [0.1, 0.15) is 18.1 Å². The number of hydrogen-bond acceptors (Lipinski definition) is 2. The van der Waals surface area contributed by atoms with Crippen LogP contribution in [0.15, 0.2) is 24.3 Å². The van der Waals surface area contributed by atoms with E-state index in [1.165, 1.54) is 11.1 Å². The Balaban J connectivity index is 2.31. The summed E-state index contributed by atoms with van der Waals surface area (Å²) in [6, 6.07) is 8.44. The second kappa shape index (κ2) is 3.54. The SMILES string of the molecule is CC(=O)[C@H]1Cc2ccccc2CN1C. The average Bonchev–Trinajstić information content (AvgIpc) is 2.16. The highest BCUT2D eigenvalue weighted by atomic mass is 16.1. The topological polar surface area (TPSA) is 20.3 Å². The molecule has 0 aliphatic carbocycles. The molecule has 0 saturated carbocycles. The lowest BCUT2D eigenvalue weighted by atomic mass is 9.93. The zero-order valence-corrected chi connectivity index (χ0v) is 8.66. The molecular formula is C12H15NO. The molecule has 0 N–H and O–H groups in total. The molecule has 2 nitrogen and oxygen atoms in total. The van der Waals surface area contributed by atoms with Crippen LogP contribution in [-0.2, 0) is 17.8 Å². The maximum absolute atomic E-state index is 11.4. The molecule has 0 radical (unpaired) electrons. The Kier molecular flexibility index (Phi) is 2.38. The Morgan fingerprint density at radius 2 is 2.00 bits per heavy atom. The molecule has 0 amide bonds. The second-order valence-electron chi connectivity index (χ2n) is 4.01. The van der Waals surface area contributed by atoms with Gasteiger partial charge in [0.05, 0.1) is 6.04 Å². The van der Waals surface area contributed by atoms with Gasteiger partial charge in [0, 0.05) is 6.54 Å². The van der Waals surface area contributed by atoms with Crippen molar-refractivity contribution in [2.75, 3.05) is 7.05 Å². The van der Waals surface area contributed by atoms with Crippen LogP contribution in [-0.4, -0.2) is 23.8 Å². The minimum atomic E-state index is 0.0740. The molecule has 0 fully saturated rings. The lowest BCUT2D eigenvalue weighted by Crippen LogP contribution is -2.42. The van der Waals surface area contributed by atoms with Crippen molar-refractivity contribution >= 4 is 5.78 Å². The Morgan fingerprint density at radius 1 is 1.36 bits per heavy atom. The molecule has 0 bridgehead atoms. The molecule has 1 aromatic carbocycles. The summed E-state index contributed by atoms with van der Waals surface area (Å²) >= 11 is 0. The van der Waals surface area contributed by atoms with Gasteiger partial charge >= 0.3 is 0 Å². The maximum Gasteiger partial charge on any atom is 0.147 e. The molecule has 1 aliphatic heterocycles. The number of likely N-dealkylation sites (N-methyl/N-ethyl adjacent to an activating group) is 1. The van der Waals surface area contributed by atoms with Crippen molar-refractivity contribution in [1.82, 2.24) is 4.90 Å². The van der Waals surface area contributed by atoms with E-state index >= 15 is 0 Å². The third-order valence-corrected chi connectivity index (χ3v) is 2.95. The summed E-state index contributed by atoms with van der Waals surface area (Å²) in [6.45, 7) is 2.56. The van der Waals surface area contributed by atoms with E-state index < -0.39 is 0 Å². The Bertz CT molecular complexity index is 359. The number of carbonyl (C=O) groups excluding carboxylic acids is 1. The molecule has 1 heterocycles. The summed E-state index contributed by atoms with van der Waals surface area (Å²) in [6.07, 6.45) is 0.863. The van der Waals surface area contributed by atoms with Crippen molar-refractivity contribution < 1.29 is 4.79 Å². The van der Waals surface area contributed by atoms with Crippen LogP contribution in [0.5, 0.6) is 0 Å². The zero-order chi connectivity index (χ0) is 10.1. The van der Waals surface area contributed by atoms with Gasteiger partial charge in [-0.15, -0.1) is 0 Å². The first-order valence-corrected chi connectivity index (χ1v) is 4.96. The normalized spacial score (nSPS) is 21.7. The number of benzene rings is 1. The summed E-state index contributed by atoms with van der Waals surface area (Å²) in [7, 11) is 2.02. The van der Waals surface area contributed by atoms with Crippen LogP contribution in [0, 0.1) is 0 Å². The lowest BCUT2D eigenvalue weighted by Gasteiger charge is -2.32. The molecule has 2 heteroatoms. The van der Waals surface area contributed by atoms with Crippen molar-refractivity contribution in [3.63, 3.8) is 0 Å². The summed E-state index contributed by atoms with van der Waals surface area (Å²) in [4.78, 5) is 13.5. The largest absolute Gasteiger partial charge is 0.298 e. The van der Waals surface area contributed by atoms with Gasteiger partial charge in [-0.3, -0.25) is 9.69 Å². The van der Waals surface area contributed by atoms with E-state index in [1.54, 1.807) is 6.92 Å². The monoisotopic (exact) mass is 189 g/mol. The first-order valence-electron chi connectivity index (χ1n) is 4.96. The van der Waals surface area contributed by atoms with E-state index in [9.17, 15) is 4.79 Å². The fourth-order valence-corrected chi connectivity index (χ4v) is 2.11. The third-order valence-electron chi connectivity index (χ3n) is 2.95. The quantitative estimate of drug-likeness (QED) is 0.669. The molecule has 74 valence electrons. The average molecular weight is 189 g/mol. The minimum Gasteiger partial charge on any atom is -0.298 e.